The largest absolute Gasteiger partial charge is 0.457 e. The number of fused-ring (bicyclic) bond motifs is 1. The number of ether oxygens (including phenoxy) is 8. The van der Waals surface area contributed by atoms with Crippen molar-refractivity contribution in [2.24, 2.45) is 5.92 Å². The van der Waals surface area contributed by atoms with E-state index in [2.05, 4.69) is 5.32 Å². The van der Waals surface area contributed by atoms with Gasteiger partial charge in [-0.1, -0.05) is 37.3 Å². The number of nitrogens with one attached hydrogen (secondary N) is 1. The van der Waals surface area contributed by atoms with Gasteiger partial charge in [0.15, 0.2) is 25.0 Å². The Morgan fingerprint density at radius 2 is 1.56 bits per heavy atom. The fraction of sp³-hybridized carbons (Fsp3) is 0.733. The maximum atomic E-state index is 12.4. The Labute approximate surface area is 242 Å². The van der Waals surface area contributed by atoms with Crippen molar-refractivity contribution in [2.75, 3.05) is 6.61 Å². The summed E-state index contributed by atoms with van der Waals surface area (Å²) in [5.74, 6) is -1.00. The molecule has 0 saturated carbocycles. The average molecular weight is 580 g/mol. The van der Waals surface area contributed by atoms with Gasteiger partial charge < -0.3 is 43.2 Å². The predicted molar refractivity (Wildman–Crippen MR) is 146 cm³/mol. The Hall–Kier alpha value is -2.12. The zero-order valence-corrected chi connectivity index (χ0v) is 25.2. The number of carbonyl (C=O) groups is 2. The van der Waals surface area contributed by atoms with E-state index in [-0.39, 0.29) is 42.8 Å². The van der Waals surface area contributed by atoms with Crippen LogP contribution in [0.5, 0.6) is 0 Å². The van der Waals surface area contributed by atoms with Gasteiger partial charge in [0, 0.05) is 25.3 Å². The molecule has 41 heavy (non-hydrogen) atoms. The maximum absolute atomic E-state index is 12.4. The molecule has 1 amide bonds. The highest BCUT2D eigenvalue weighted by Gasteiger charge is 2.55. The van der Waals surface area contributed by atoms with Gasteiger partial charge in [-0.15, -0.1) is 0 Å². The first-order valence-electron chi connectivity index (χ1n) is 14.5. The molecule has 0 aromatic heterocycles. The third kappa shape index (κ3) is 7.84. The molecule has 3 aliphatic heterocycles. The molecule has 0 aliphatic carbocycles. The number of carbonyl (C=O) groups excluding carboxylic acids is 2. The Morgan fingerprint density at radius 1 is 0.878 bits per heavy atom. The van der Waals surface area contributed by atoms with Crippen LogP contribution in [0.4, 0.5) is 0 Å². The molecule has 1 aromatic carbocycles. The number of esters is 1. The predicted octanol–water partition coefficient (Wildman–Crippen LogP) is 3.25. The van der Waals surface area contributed by atoms with E-state index in [9.17, 15) is 9.59 Å². The molecule has 3 aliphatic rings. The Bertz CT molecular complexity index is 1010. The summed E-state index contributed by atoms with van der Waals surface area (Å²) in [4.78, 5) is 24.6. The van der Waals surface area contributed by atoms with Crippen molar-refractivity contribution >= 4 is 11.9 Å². The van der Waals surface area contributed by atoms with Gasteiger partial charge in [-0.25, -0.2) is 0 Å². The SMILES string of the molecule is CC(=O)NC1[C@H](OC(C)C)OC2COC(c3ccccc3)O[C@@H]2[C@@H]1O[C@@H]1OC(C)[C@@H](OC(C)C)[C@H](C)C1OC(C)=O. The Morgan fingerprint density at radius 3 is 2.17 bits per heavy atom. The van der Waals surface area contributed by atoms with Crippen LogP contribution in [0, 0.1) is 5.92 Å². The van der Waals surface area contributed by atoms with E-state index in [1.807, 2.05) is 71.9 Å². The van der Waals surface area contributed by atoms with Gasteiger partial charge in [0.2, 0.25) is 5.91 Å². The molecular formula is C30H45NO10. The van der Waals surface area contributed by atoms with Gasteiger partial charge in [-0.2, -0.15) is 0 Å². The van der Waals surface area contributed by atoms with E-state index in [1.54, 1.807) is 0 Å². The average Bonchev–Trinajstić information content (AvgIpc) is 2.90. The lowest BCUT2D eigenvalue weighted by Gasteiger charge is -2.51. The summed E-state index contributed by atoms with van der Waals surface area (Å²) < 4.78 is 49.9. The van der Waals surface area contributed by atoms with E-state index in [4.69, 9.17) is 37.9 Å². The van der Waals surface area contributed by atoms with Gasteiger partial charge in [0.25, 0.3) is 0 Å². The number of amides is 1. The molecule has 3 heterocycles. The van der Waals surface area contributed by atoms with Crippen molar-refractivity contribution in [1.82, 2.24) is 5.32 Å². The van der Waals surface area contributed by atoms with Crippen LogP contribution in [0.25, 0.3) is 0 Å². The van der Waals surface area contributed by atoms with Crippen LogP contribution in [0.15, 0.2) is 30.3 Å². The minimum Gasteiger partial charge on any atom is -0.457 e. The minimum absolute atomic E-state index is 0.0520. The summed E-state index contributed by atoms with van der Waals surface area (Å²) in [6, 6.07) is 8.80. The van der Waals surface area contributed by atoms with E-state index in [0.717, 1.165) is 5.56 Å². The monoisotopic (exact) mass is 579 g/mol. The van der Waals surface area contributed by atoms with Crippen molar-refractivity contribution < 1.29 is 47.5 Å². The van der Waals surface area contributed by atoms with Crippen molar-refractivity contribution in [3.8, 4) is 0 Å². The normalized spacial score (nSPS) is 37.5. The van der Waals surface area contributed by atoms with Crippen LogP contribution in [-0.2, 0) is 47.5 Å². The molecule has 3 fully saturated rings. The first-order chi connectivity index (χ1) is 19.4. The standard InChI is InChI=1S/C30H45NO10/c1-15(2)35-24-17(5)25(38-20(8)33)30(37-18(24)6)41-27-23(31-19(7)32)29(36-16(3)4)39-22-14-34-28(40-26(22)27)21-12-10-9-11-13-21/h9-13,15-18,22-30H,14H2,1-8H3,(H,31,32)/t17-,18?,22?,23?,24-,25?,26-,27+,28?,29+,30-/m0/s1. The number of hydrogen-bond donors (Lipinski definition) is 1. The van der Waals surface area contributed by atoms with Crippen LogP contribution in [0.3, 0.4) is 0 Å². The highest BCUT2D eigenvalue weighted by Crippen LogP contribution is 2.39. The maximum Gasteiger partial charge on any atom is 0.303 e. The van der Waals surface area contributed by atoms with E-state index in [0.29, 0.717) is 0 Å². The summed E-state index contributed by atoms with van der Waals surface area (Å²) in [5, 5.41) is 2.95. The molecule has 5 unspecified atom stereocenters. The second-order valence-corrected chi connectivity index (χ2v) is 11.5. The fourth-order valence-corrected chi connectivity index (χ4v) is 5.68. The Balaban J connectivity index is 1.68. The summed E-state index contributed by atoms with van der Waals surface area (Å²) in [5.41, 5.74) is 0.837. The van der Waals surface area contributed by atoms with Gasteiger partial charge in [0.05, 0.1) is 31.0 Å². The van der Waals surface area contributed by atoms with E-state index >= 15 is 0 Å². The zero-order valence-electron chi connectivity index (χ0n) is 25.2. The first-order valence-corrected chi connectivity index (χ1v) is 14.5. The summed E-state index contributed by atoms with van der Waals surface area (Å²) in [6.45, 7) is 14.5. The number of benzene rings is 1. The molecule has 0 radical (unpaired) electrons. The summed E-state index contributed by atoms with van der Waals surface area (Å²) in [7, 11) is 0. The smallest absolute Gasteiger partial charge is 0.303 e. The molecule has 230 valence electrons. The highest BCUT2D eigenvalue weighted by molar-refractivity contribution is 5.73. The van der Waals surface area contributed by atoms with Crippen LogP contribution < -0.4 is 5.32 Å². The molecule has 0 spiro atoms. The van der Waals surface area contributed by atoms with Crippen molar-refractivity contribution in [1.29, 1.82) is 0 Å². The van der Waals surface area contributed by atoms with Crippen molar-refractivity contribution in [3.63, 3.8) is 0 Å². The third-order valence-electron chi connectivity index (χ3n) is 7.33. The third-order valence-corrected chi connectivity index (χ3v) is 7.33. The lowest BCUT2D eigenvalue weighted by molar-refractivity contribution is -0.377. The molecule has 11 atom stereocenters. The second-order valence-electron chi connectivity index (χ2n) is 11.5. The lowest BCUT2D eigenvalue weighted by Crippen LogP contribution is -2.69. The van der Waals surface area contributed by atoms with Crippen LogP contribution in [0.2, 0.25) is 0 Å². The van der Waals surface area contributed by atoms with Gasteiger partial charge in [-0.3, -0.25) is 9.59 Å². The van der Waals surface area contributed by atoms with Gasteiger partial charge in [-0.05, 0) is 34.6 Å². The first kappa shape index (κ1) is 31.8. The van der Waals surface area contributed by atoms with Crippen LogP contribution in [-0.4, -0.2) is 85.9 Å². The quantitative estimate of drug-likeness (QED) is 0.437. The van der Waals surface area contributed by atoms with Gasteiger partial charge >= 0.3 is 5.97 Å². The molecule has 3 saturated heterocycles. The van der Waals surface area contributed by atoms with E-state index < -0.39 is 55.3 Å². The summed E-state index contributed by atoms with van der Waals surface area (Å²) in [6.07, 6.45) is -6.26. The number of rotatable bonds is 9. The molecular weight excluding hydrogens is 534 g/mol. The molecule has 1 N–H and O–H groups in total. The topological polar surface area (TPSA) is 120 Å². The minimum atomic E-state index is -0.975. The highest BCUT2D eigenvalue weighted by atomic mass is 16.8. The lowest BCUT2D eigenvalue weighted by atomic mass is 9.90. The van der Waals surface area contributed by atoms with Crippen molar-refractivity contribution in [3.05, 3.63) is 35.9 Å². The van der Waals surface area contributed by atoms with Crippen LogP contribution >= 0.6 is 0 Å². The molecule has 11 heteroatoms. The molecule has 4 rings (SSSR count). The fourth-order valence-electron chi connectivity index (χ4n) is 5.68. The van der Waals surface area contributed by atoms with E-state index in [1.165, 1.54) is 13.8 Å². The summed E-state index contributed by atoms with van der Waals surface area (Å²) >= 11 is 0. The number of hydrogen-bond acceptors (Lipinski definition) is 10. The molecule has 11 nitrogen and oxygen atoms in total. The van der Waals surface area contributed by atoms with Crippen molar-refractivity contribution in [2.45, 2.75) is 129 Å². The molecule has 1 aromatic rings. The molecule has 0 bridgehead atoms. The van der Waals surface area contributed by atoms with Gasteiger partial charge in [0.1, 0.15) is 24.4 Å². The second kappa shape index (κ2) is 13.9. The Kier molecular flexibility index (Phi) is 10.8. The zero-order chi connectivity index (χ0) is 29.8. The van der Waals surface area contributed by atoms with Crippen LogP contribution in [0.1, 0.15) is 67.2 Å².